The van der Waals surface area contributed by atoms with Crippen LogP contribution in [0.1, 0.15) is 28.1 Å². The van der Waals surface area contributed by atoms with E-state index in [1.807, 2.05) is 49.4 Å². The van der Waals surface area contributed by atoms with E-state index in [4.69, 9.17) is 11.6 Å². The molecule has 29 heavy (non-hydrogen) atoms. The number of nitrogens with zero attached hydrogens (tertiary/aromatic N) is 2. The monoisotopic (exact) mass is 425 g/mol. The zero-order valence-corrected chi connectivity index (χ0v) is 17.5. The number of thiazole rings is 1. The summed E-state index contributed by atoms with van der Waals surface area (Å²) in [6.07, 6.45) is 1.46. The van der Waals surface area contributed by atoms with Gasteiger partial charge in [-0.05, 0) is 44.0 Å². The number of nitrogens with one attached hydrogen (secondary N) is 1. The van der Waals surface area contributed by atoms with Crippen LogP contribution in [0.3, 0.4) is 0 Å². The molecule has 3 aromatic rings. The first-order chi connectivity index (χ1) is 14.0. The van der Waals surface area contributed by atoms with E-state index in [1.54, 1.807) is 17.0 Å². The normalized spacial score (nSPS) is 16.1. The van der Waals surface area contributed by atoms with E-state index in [9.17, 15) is 9.59 Å². The van der Waals surface area contributed by atoms with Gasteiger partial charge in [-0.2, -0.15) is 0 Å². The maximum absolute atomic E-state index is 12.9. The predicted molar refractivity (Wildman–Crippen MR) is 116 cm³/mol. The Morgan fingerprint density at radius 1 is 1.14 bits per heavy atom. The number of aromatic nitrogens is 1. The van der Waals surface area contributed by atoms with Crippen molar-refractivity contribution in [2.24, 2.45) is 0 Å². The van der Waals surface area contributed by atoms with E-state index in [1.165, 1.54) is 11.3 Å². The molecular formula is C22H20ClN3O2S. The molecule has 7 heteroatoms. The van der Waals surface area contributed by atoms with Gasteiger partial charge >= 0.3 is 0 Å². The first kappa shape index (κ1) is 19.6. The van der Waals surface area contributed by atoms with E-state index in [-0.39, 0.29) is 11.8 Å². The molecule has 1 atom stereocenters. The molecule has 1 fully saturated rings. The highest BCUT2D eigenvalue weighted by Crippen LogP contribution is 2.31. The van der Waals surface area contributed by atoms with Gasteiger partial charge in [-0.25, -0.2) is 4.98 Å². The molecule has 1 saturated heterocycles. The molecular weight excluding hydrogens is 406 g/mol. The highest BCUT2D eigenvalue weighted by Gasteiger charge is 2.35. The van der Waals surface area contributed by atoms with Crippen molar-refractivity contribution in [2.45, 2.75) is 25.8 Å². The second-order valence-corrected chi connectivity index (χ2v) is 8.58. The van der Waals surface area contributed by atoms with Crippen molar-refractivity contribution in [2.75, 3.05) is 11.9 Å². The third kappa shape index (κ3) is 4.18. The van der Waals surface area contributed by atoms with Crippen LogP contribution in [0.4, 0.5) is 5.13 Å². The van der Waals surface area contributed by atoms with E-state index in [0.717, 1.165) is 22.6 Å². The number of hydrogen-bond donors (Lipinski definition) is 1. The Kier molecular flexibility index (Phi) is 5.65. The maximum Gasteiger partial charge on any atom is 0.254 e. The smallest absolute Gasteiger partial charge is 0.254 e. The van der Waals surface area contributed by atoms with E-state index >= 15 is 0 Å². The minimum atomic E-state index is -0.481. The molecule has 0 bridgehead atoms. The van der Waals surface area contributed by atoms with Gasteiger partial charge in [0.25, 0.3) is 5.91 Å². The minimum Gasteiger partial charge on any atom is -0.327 e. The number of rotatable bonds is 4. The van der Waals surface area contributed by atoms with Crippen molar-refractivity contribution in [3.05, 3.63) is 70.1 Å². The fourth-order valence-electron chi connectivity index (χ4n) is 3.54. The van der Waals surface area contributed by atoms with E-state index in [2.05, 4.69) is 10.3 Å². The van der Waals surface area contributed by atoms with Crippen molar-refractivity contribution < 1.29 is 9.59 Å². The lowest BCUT2D eigenvalue weighted by Crippen LogP contribution is -2.43. The largest absolute Gasteiger partial charge is 0.327 e. The van der Waals surface area contributed by atoms with Crippen LogP contribution < -0.4 is 5.32 Å². The molecule has 0 radical (unpaired) electrons. The van der Waals surface area contributed by atoms with Crippen LogP contribution in [-0.2, 0) is 4.79 Å². The number of benzene rings is 2. The summed E-state index contributed by atoms with van der Waals surface area (Å²) in [4.78, 5) is 33.0. The lowest BCUT2D eigenvalue weighted by Gasteiger charge is -2.23. The van der Waals surface area contributed by atoms with Crippen LogP contribution >= 0.6 is 22.9 Å². The molecule has 2 amide bonds. The quantitative estimate of drug-likeness (QED) is 0.638. The first-order valence-corrected chi connectivity index (χ1v) is 10.6. The first-order valence-electron chi connectivity index (χ1n) is 9.43. The van der Waals surface area contributed by atoms with Crippen molar-refractivity contribution in [3.8, 4) is 11.3 Å². The van der Waals surface area contributed by atoms with Gasteiger partial charge in [0.1, 0.15) is 6.04 Å². The molecule has 5 nitrogen and oxygen atoms in total. The summed E-state index contributed by atoms with van der Waals surface area (Å²) >= 11 is 7.39. The molecule has 2 aromatic carbocycles. The van der Waals surface area contributed by atoms with Crippen molar-refractivity contribution in [1.82, 2.24) is 9.88 Å². The zero-order chi connectivity index (χ0) is 20.4. The SMILES string of the molecule is Cc1sc(NC(=O)[C@H]2CCCN2C(=O)c2ccccc2)nc1-c1ccc(Cl)cc1. The van der Waals surface area contributed by atoms with Gasteiger partial charge in [-0.15, -0.1) is 11.3 Å². The minimum absolute atomic E-state index is 0.111. The molecule has 0 saturated carbocycles. The molecule has 0 unspecified atom stereocenters. The average Bonchev–Trinajstić information content (AvgIpc) is 3.35. The Morgan fingerprint density at radius 3 is 2.59 bits per heavy atom. The predicted octanol–water partition coefficient (Wildman–Crippen LogP) is 5.02. The number of carbonyl (C=O) groups is 2. The van der Waals surface area contributed by atoms with Gasteiger partial charge in [-0.1, -0.05) is 41.9 Å². The van der Waals surface area contributed by atoms with E-state index < -0.39 is 6.04 Å². The highest BCUT2D eigenvalue weighted by atomic mass is 35.5. The van der Waals surface area contributed by atoms with Crippen LogP contribution in [0.15, 0.2) is 54.6 Å². The van der Waals surface area contributed by atoms with Gasteiger partial charge in [0.2, 0.25) is 5.91 Å². The molecule has 1 aromatic heterocycles. The Bertz CT molecular complexity index is 1030. The summed E-state index contributed by atoms with van der Waals surface area (Å²) in [5.41, 5.74) is 2.37. The molecule has 1 aliphatic rings. The van der Waals surface area contributed by atoms with Gasteiger partial charge in [0.15, 0.2) is 5.13 Å². The number of anilines is 1. The van der Waals surface area contributed by atoms with Crippen molar-refractivity contribution >= 4 is 39.9 Å². The topological polar surface area (TPSA) is 62.3 Å². The Morgan fingerprint density at radius 2 is 1.86 bits per heavy atom. The molecule has 148 valence electrons. The van der Waals surface area contributed by atoms with Gasteiger partial charge in [0, 0.05) is 27.6 Å². The molecule has 4 rings (SSSR count). The standard InChI is InChI=1S/C22H20ClN3O2S/c1-14-19(15-9-11-17(23)12-10-15)24-22(29-14)25-20(27)18-8-5-13-26(18)21(28)16-6-3-2-4-7-16/h2-4,6-7,9-12,18H,5,8,13H2,1H3,(H,24,25,27)/t18-/m1/s1. The van der Waals surface area contributed by atoms with Crippen LogP contribution in [0.2, 0.25) is 5.02 Å². The van der Waals surface area contributed by atoms with Crippen LogP contribution in [0.25, 0.3) is 11.3 Å². The van der Waals surface area contributed by atoms with Crippen LogP contribution in [0, 0.1) is 6.92 Å². The number of amides is 2. The zero-order valence-electron chi connectivity index (χ0n) is 15.9. The Hall–Kier alpha value is -2.70. The van der Waals surface area contributed by atoms with Gasteiger partial charge in [0.05, 0.1) is 5.69 Å². The summed E-state index contributed by atoms with van der Waals surface area (Å²) in [6, 6.07) is 16.1. The average molecular weight is 426 g/mol. The molecule has 0 aliphatic carbocycles. The fraction of sp³-hybridized carbons (Fsp3) is 0.227. The number of hydrogen-bond acceptors (Lipinski definition) is 4. The summed E-state index contributed by atoms with van der Waals surface area (Å²) in [7, 11) is 0. The number of halogens is 1. The number of likely N-dealkylation sites (tertiary alicyclic amines) is 1. The van der Waals surface area contributed by atoms with Gasteiger partial charge in [-0.3, -0.25) is 9.59 Å². The maximum atomic E-state index is 12.9. The Labute approximate surface area is 178 Å². The van der Waals surface area contributed by atoms with Crippen LogP contribution in [-0.4, -0.2) is 34.3 Å². The third-order valence-electron chi connectivity index (χ3n) is 4.98. The van der Waals surface area contributed by atoms with E-state index in [0.29, 0.717) is 28.7 Å². The second-order valence-electron chi connectivity index (χ2n) is 6.94. The summed E-state index contributed by atoms with van der Waals surface area (Å²) in [5, 5.41) is 4.12. The van der Waals surface area contributed by atoms with Crippen LogP contribution in [0.5, 0.6) is 0 Å². The Balaban J connectivity index is 1.50. The highest BCUT2D eigenvalue weighted by molar-refractivity contribution is 7.16. The van der Waals surface area contributed by atoms with Crippen molar-refractivity contribution in [1.29, 1.82) is 0 Å². The number of carbonyl (C=O) groups excluding carboxylic acids is 2. The van der Waals surface area contributed by atoms with Gasteiger partial charge < -0.3 is 10.2 Å². The molecule has 2 heterocycles. The summed E-state index contributed by atoms with van der Waals surface area (Å²) < 4.78 is 0. The third-order valence-corrected chi connectivity index (χ3v) is 6.12. The molecule has 0 spiro atoms. The lowest BCUT2D eigenvalue weighted by atomic mass is 10.1. The lowest BCUT2D eigenvalue weighted by molar-refractivity contribution is -0.119. The number of aryl methyl sites for hydroxylation is 1. The van der Waals surface area contributed by atoms with Crippen molar-refractivity contribution in [3.63, 3.8) is 0 Å². The second kappa shape index (κ2) is 8.35. The summed E-state index contributed by atoms with van der Waals surface area (Å²) in [6.45, 7) is 2.55. The summed E-state index contributed by atoms with van der Waals surface area (Å²) in [5.74, 6) is -0.302. The molecule has 1 N–H and O–H groups in total. The molecule has 1 aliphatic heterocycles. The fourth-order valence-corrected chi connectivity index (χ4v) is 4.51.